The molecule has 1 aliphatic rings. The molecule has 2 atom stereocenters. The molecule has 0 amide bonds. The normalized spacial score (nSPS) is 21.6. The van der Waals surface area contributed by atoms with Crippen molar-refractivity contribution in [2.45, 2.75) is 32.0 Å². The zero-order valence-corrected chi connectivity index (χ0v) is 15.8. The van der Waals surface area contributed by atoms with E-state index < -0.39 is 11.7 Å². The van der Waals surface area contributed by atoms with Crippen molar-refractivity contribution in [3.63, 3.8) is 0 Å². The third kappa shape index (κ3) is 5.90. The Balaban J connectivity index is 2.17. The maximum atomic E-state index is 12.8. The molecule has 7 heteroatoms. The lowest BCUT2D eigenvalue weighted by Crippen LogP contribution is -2.40. The highest BCUT2D eigenvalue weighted by Gasteiger charge is 2.33. The molecule has 1 fully saturated rings. The van der Waals surface area contributed by atoms with Gasteiger partial charge < -0.3 is 10.6 Å². The predicted molar refractivity (Wildman–Crippen MR) is 102 cm³/mol. The summed E-state index contributed by atoms with van der Waals surface area (Å²) in [6.07, 6.45) is 3.00. The van der Waals surface area contributed by atoms with Gasteiger partial charge in [0.1, 0.15) is 0 Å². The van der Waals surface area contributed by atoms with E-state index in [-0.39, 0.29) is 12.0 Å². The van der Waals surface area contributed by atoms with Crippen LogP contribution in [0.4, 0.5) is 13.2 Å². The zero-order chi connectivity index (χ0) is 19.9. The minimum absolute atomic E-state index is 0.0419. The van der Waals surface area contributed by atoms with Gasteiger partial charge in [0, 0.05) is 19.1 Å². The van der Waals surface area contributed by atoms with Crippen LogP contribution in [0.2, 0.25) is 0 Å². The summed E-state index contributed by atoms with van der Waals surface area (Å²) >= 11 is 0. The Bertz CT molecular complexity index is 661. The fourth-order valence-corrected chi connectivity index (χ4v) is 3.53. The van der Waals surface area contributed by atoms with Crippen LogP contribution < -0.4 is 10.6 Å². The fraction of sp³-hybridized carbons (Fsp3) is 0.550. The Kier molecular flexibility index (Phi) is 7.55. The van der Waals surface area contributed by atoms with Gasteiger partial charge in [-0.25, -0.2) is 0 Å². The highest BCUT2D eigenvalue weighted by Crippen LogP contribution is 2.37. The number of rotatable bonds is 5. The van der Waals surface area contributed by atoms with Crippen LogP contribution >= 0.6 is 0 Å². The number of hydrogen-bond acceptors (Lipinski definition) is 2. The van der Waals surface area contributed by atoms with E-state index in [9.17, 15) is 13.2 Å². The average Bonchev–Trinajstić information content (AvgIpc) is 2.63. The van der Waals surface area contributed by atoms with Crippen LogP contribution in [0.1, 0.15) is 36.9 Å². The van der Waals surface area contributed by atoms with Crippen molar-refractivity contribution in [1.82, 2.24) is 15.5 Å². The number of guanidine groups is 1. The highest BCUT2D eigenvalue weighted by atomic mass is 19.4. The molecule has 1 aromatic carbocycles. The standard InChI is InChI=1S/C20H27F3N4/c1-4-12-25-19(24-5-2)26-14-16-7-6-13-27(3)18(16)15-8-10-17(11-9-15)20(21,22)23/h1,8-11,16,18H,5-7,12-14H2,2-3H3,(H2,24,25,26). The first kappa shape index (κ1) is 21.1. The Morgan fingerprint density at radius 2 is 2.00 bits per heavy atom. The summed E-state index contributed by atoms with van der Waals surface area (Å²) in [5.41, 5.74) is 0.277. The zero-order valence-electron chi connectivity index (χ0n) is 15.8. The predicted octanol–water partition coefficient (Wildman–Crippen LogP) is 3.28. The van der Waals surface area contributed by atoms with Gasteiger partial charge in [-0.3, -0.25) is 9.89 Å². The number of hydrogen-bond donors (Lipinski definition) is 2. The molecular weight excluding hydrogens is 353 g/mol. The first-order valence-electron chi connectivity index (χ1n) is 9.19. The highest BCUT2D eigenvalue weighted by molar-refractivity contribution is 5.79. The number of benzene rings is 1. The number of piperidine rings is 1. The molecule has 0 saturated carbocycles. The molecule has 4 nitrogen and oxygen atoms in total. The molecule has 0 aliphatic carbocycles. The van der Waals surface area contributed by atoms with Crippen molar-refractivity contribution in [1.29, 1.82) is 0 Å². The Morgan fingerprint density at radius 1 is 1.30 bits per heavy atom. The third-order valence-corrected chi connectivity index (χ3v) is 4.77. The average molecular weight is 380 g/mol. The summed E-state index contributed by atoms with van der Waals surface area (Å²) in [7, 11) is 2.01. The first-order chi connectivity index (χ1) is 12.9. The van der Waals surface area contributed by atoms with Crippen LogP contribution in [-0.2, 0) is 6.18 Å². The topological polar surface area (TPSA) is 39.7 Å². The van der Waals surface area contributed by atoms with Gasteiger partial charge in [0.15, 0.2) is 5.96 Å². The number of nitrogens with zero attached hydrogens (tertiary/aromatic N) is 2. The number of likely N-dealkylation sites (tertiary alicyclic amines) is 1. The van der Waals surface area contributed by atoms with E-state index in [2.05, 4.69) is 26.4 Å². The van der Waals surface area contributed by atoms with Gasteiger partial charge in [-0.2, -0.15) is 13.2 Å². The van der Waals surface area contributed by atoms with Crippen LogP contribution in [-0.4, -0.2) is 44.1 Å². The molecule has 1 aromatic rings. The van der Waals surface area contributed by atoms with Gasteiger partial charge in [0.2, 0.25) is 0 Å². The monoisotopic (exact) mass is 380 g/mol. The Labute approximate surface area is 159 Å². The number of halogens is 3. The van der Waals surface area contributed by atoms with Crippen molar-refractivity contribution in [3.8, 4) is 12.3 Å². The van der Waals surface area contributed by atoms with E-state index in [0.29, 0.717) is 19.0 Å². The maximum Gasteiger partial charge on any atom is 0.416 e. The molecule has 0 bridgehead atoms. The van der Waals surface area contributed by atoms with Crippen LogP contribution in [0, 0.1) is 18.3 Å². The van der Waals surface area contributed by atoms with E-state index in [1.54, 1.807) is 12.1 Å². The number of aliphatic imine (C=N–C) groups is 1. The summed E-state index contributed by atoms with van der Waals surface area (Å²) in [5, 5.41) is 6.22. The molecule has 0 aromatic heterocycles. The van der Waals surface area contributed by atoms with Gasteiger partial charge in [-0.05, 0) is 57.0 Å². The van der Waals surface area contributed by atoms with Crippen LogP contribution in [0.15, 0.2) is 29.3 Å². The summed E-state index contributed by atoms with van der Waals surface area (Å²) in [6, 6.07) is 5.55. The lowest BCUT2D eigenvalue weighted by molar-refractivity contribution is -0.137. The minimum atomic E-state index is -4.32. The van der Waals surface area contributed by atoms with Gasteiger partial charge in [-0.1, -0.05) is 18.1 Å². The molecule has 2 N–H and O–H groups in total. The largest absolute Gasteiger partial charge is 0.416 e. The van der Waals surface area contributed by atoms with Crippen molar-refractivity contribution in [2.24, 2.45) is 10.9 Å². The molecule has 1 saturated heterocycles. The molecule has 148 valence electrons. The van der Waals surface area contributed by atoms with Crippen molar-refractivity contribution < 1.29 is 13.2 Å². The van der Waals surface area contributed by atoms with E-state index in [4.69, 9.17) is 6.42 Å². The molecule has 1 heterocycles. The Morgan fingerprint density at radius 3 is 2.59 bits per heavy atom. The lowest BCUT2D eigenvalue weighted by Gasteiger charge is -2.39. The maximum absolute atomic E-state index is 12.8. The van der Waals surface area contributed by atoms with Gasteiger partial charge >= 0.3 is 6.18 Å². The second-order valence-corrected chi connectivity index (χ2v) is 6.72. The smallest absolute Gasteiger partial charge is 0.357 e. The van der Waals surface area contributed by atoms with Gasteiger partial charge in [-0.15, -0.1) is 6.42 Å². The summed E-state index contributed by atoms with van der Waals surface area (Å²) < 4.78 is 38.5. The van der Waals surface area contributed by atoms with E-state index >= 15 is 0 Å². The molecule has 0 spiro atoms. The van der Waals surface area contributed by atoms with Gasteiger partial charge in [0.25, 0.3) is 0 Å². The second-order valence-electron chi connectivity index (χ2n) is 6.72. The number of alkyl halides is 3. The second kappa shape index (κ2) is 9.65. The molecule has 0 radical (unpaired) electrons. The SMILES string of the molecule is C#CCNC(=NCC1CCCN(C)C1c1ccc(C(F)(F)F)cc1)NCC. The Hall–Kier alpha value is -2.20. The fourth-order valence-electron chi connectivity index (χ4n) is 3.53. The van der Waals surface area contributed by atoms with Crippen molar-refractivity contribution >= 4 is 5.96 Å². The number of terminal acetylenes is 1. The summed E-state index contributed by atoms with van der Waals surface area (Å²) in [5.74, 6) is 3.41. The minimum Gasteiger partial charge on any atom is -0.357 e. The molecular formula is C20H27F3N4. The quantitative estimate of drug-likeness (QED) is 0.468. The van der Waals surface area contributed by atoms with E-state index in [1.807, 2.05) is 14.0 Å². The van der Waals surface area contributed by atoms with Gasteiger partial charge in [0.05, 0.1) is 12.1 Å². The van der Waals surface area contributed by atoms with Crippen LogP contribution in [0.3, 0.4) is 0 Å². The van der Waals surface area contributed by atoms with Crippen LogP contribution in [0.5, 0.6) is 0 Å². The molecule has 1 aliphatic heterocycles. The van der Waals surface area contributed by atoms with Crippen molar-refractivity contribution in [2.75, 3.05) is 33.2 Å². The molecule has 2 rings (SSSR count). The lowest BCUT2D eigenvalue weighted by atomic mass is 9.84. The van der Waals surface area contributed by atoms with E-state index in [1.165, 1.54) is 0 Å². The first-order valence-corrected chi connectivity index (χ1v) is 9.19. The summed E-state index contributed by atoms with van der Waals surface area (Å²) in [4.78, 5) is 6.84. The molecule has 27 heavy (non-hydrogen) atoms. The van der Waals surface area contributed by atoms with E-state index in [0.717, 1.165) is 43.6 Å². The summed E-state index contributed by atoms with van der Waals surface area (Å²) in [6.45, 7) is 4.59. The third-order valence-electron chi connectivity index (χ3n) is 4.77. The number of nitrogens with one attached hydrogen (secondary N) is 2. The van der Waals surface area contributed by atoms with Crippen molar-refractivity contribution in [3.05, 3.63) is 35.4 Å². The van der Waals surface area contributed by atoms with Crippen LogP contribution in [0.25, 0.3) is 0 Å². The molecule has 2 unspecified atom stereocenters.